The van der Waals surface area contributed by atoms with Crippen molar-refractivity contribution in [1.29, 1.82) is 5.41 Å². The quantitative estimate of drug-likeness (QED) is 0.680. The van der Waals surface area contributed by atoms with Crippen LogP contribution in [0.5, 0.6) is 0 Å². The Bertz CT molecular complexity index is 523. The lowest BCUT2D eigenvalue weighted by Gasteiger charge is -2.19. The highest BCUT2D eigenvalue weighted by Crippen LogP contribution is 2.27. The van der Waals surface area contributed by atoms with E-state index in [1.165, 1.54) is 6.21 Å². The number of carboxylic acids is 1. The molecule has 6 heteroatoms. The normalized spacial score (nSPS) is 13.1. The third-order valence-electron chi connectivity index (χ3n) is 2.57. The summed E-state index contributed by atoms with van der Waals surface area (Å²) in [6, 6.07) is 3.33. The molecule has 0 atom stereocenters. The van der Waals surface area contributed by atoms with E-state index in [2.05, 4.69) is 10.5 Å². The number of hydrogen-bond donors (Lipinski definition) is 3. The Morgan fingerprint density at radius 2 is 2.41 bits per heavy atom. The van der Waals surface area contributed by atoms with Crippen molar-refractivity contribution in [1.82, 2.24) is 0 Å². The number of carbonyl (C=O) groups is 1. The molecule has 1 aliphatic heterocycles. The van der Waals surface area contributed by atoms with E-state index in [1.807, 2.05) is 0 Å². The van der Waals surface area contributed by atoms with Crippen LogP contribution < -0.4 is 5.32 Å². The Morgan fingerprint density at radius 3 is 3.00 bits per heavy atom. The number of hydrogen-bond acceptors (Lipinski definition) is 5. The van der Waals surface area contributed by atoms with E-state index in [0.717, 1.165) is 0 Å². The van der Waals surface area contributed by atoms with Crippen LogP contribution in [0.3, 0.4) is 0 Å². The summed E-state index contributed by atoms with van der Waals surface area (Å²) in [5.74, 6) is -1.13. The number of nitrogens with one attached hydrogen (secondary N) is 2. The second kappa shape index (κ2) is 4.25. The van der Waals surface area contributed by atoms with E-state index < -0.39 is 5.97 Å². The number of oxime groups is 1. The fourth-order valence-electron chi connectivity index (χ4n) is 1.82. The molecule has 17 heavy (non-hydrogen) atoms. The minimum atomic E-state index is -1.13. The van der Waals surface area contributed by atoms with Gasteiger partial charge in [-0.1, -0.05) is 17.3 Å². The van der Waals surface area contributed by atoms with Gasteiger partial charge in [0, 0.05) is 30.0 Å². The summed E-state index contributed by atoms with van der Waals surface area (Å²) in [5.41, 5.74) is 2.51. The molecular weight excluding hydrogens is 222 g/mol. The van der Waals surface area contributed by atoms with Crippen LogP contribution in [0.15, 0.2) is 17.3 Å². The lowest BCUT2D eigenvalue weighted by molar-refractivity contribution is -0.129. The van der Waals surface area contributed by atoms with Gasteiger partial charge in [-0.05, 0) is 0 Å². The predicted molar refractivity (Wildman–Crippen MR) is 62.8 cm³/mol. The Hall–Kier alpha value is -2.37. The Balaban J connectivity index is 2.65. The van der Waals surface area contributed by atoms with Crippen molar-refractivity contribution >= 4 is 23.6 Å². The number of nitrogens with zero attached hydrogens (tertiary/aromatic N) is 1. The van der Waals surface area contributed by atoms with Crippen LogP contribution in [-0.4, -0.2) is 30.0 Å². The van der Waals surface area contributed by atoms with E-state index in [1.54, 1.807) is 19.2 Å². The number of carboxylic acid groups (broad SMARTS) is 1. The molecule has 0 amide bonds. The predicted octanol–water partition coefficient (Wildman–Crippen LogP) is 1.04. The van der Waals surface area contributed by atoms with E-state index in [9.17, 15) is 4.79 Å². The van der Waals surface area contributed by atoms with Gasteiger partial charge >= 0.3 is 5.97 Å². The second-order valence-electron chi connectivity index (χ2n) is 3.47. The van der Waals surface area contributed by atoms with Crippen LogP contribution in [0.25, 0.3) is 0 Å². The van der Waals surface area contributed by atoms with Crippen molar-refractivity contribution in [3.63, 3.8) is 0 Å². The third-order valence-corrected chi connectivity index (χ3v) is 2.57. The van der Waals surface area contributed by atoms with Crippen molar-refractivity contribution < 1.29 is 14.7 Å². The Kier molecular flexibility index (Phi) is 2.78. The highest BCUT2D eigenvalue weighted by atomic mass is 16.6. The van der Waals surface area contributed by atoms with Crippen LogP contribution in [0.4, 0.5) is 5.69 Å². The molecule has 1 aromatic carbocycles. The molecular formula is C11H11N3O3. The van der Waals surface area contributed by atoms with E-state index in [4.69, 9.17) is 15.4 Å². The molecule has 1 aliphatic rings. The highest BCUT2D eigenvalue weighted by Gasteiger charge is 2.24. The van der Waals surface area contributed by atoms with Gasteiger partial charge < -0.3 is 20.7 Å². The molecule has 1 aromatic rings. The molecule has 2 rings (SSSR count). The monoisotopic (exact) mass is 233 g/mol. The molecule has 0 radical (unpaired) electrons. The van der Waals surface area contributed by atoms with Gasteiger partial charge in [0.1, 0.15) is 6.61 Å². The summed E-state index contributed by atoms with van der Waals surface area (Å²) in [4.78, 5) is 15.9. The van der Waals surface area contributed by atoms with Crippen molar-refractivity contribution in [2.24, 2.45) is 5.16 Å². The average Bonchev–Trinajstić information content (AvgIpc) is 2.36. The molecule has 88 valence electrons. The van der Waals surface area contributed by atoms with Crippen LogP contribution in [0.1, 0.15) is 16.7 Å². The molecule has 0 aliphatic carbocycles. The van der Waals surface area contributed by atoms with E-state index in [0.29, 0.717) is 22.4 Å². The maximum Gasteiger partial charge on any atom is 0.358 e. The first-order valence-corrected chi connectivity index (χ1v) is 4.96. The molecule has 0 saturated carbocycles. The lowest BCUT2D eigenvalue weighted by atomic mass is 9.97. The summed E-state index contributed by atoms with van der Waals surface area (Å²) >= 11 is 0. The van der Waals surface area contributed by atoms with Gasteiger partial charge in [0.25, 0.3) is 0 Å². The van der Waals surface area contributed by atoms with Gasteiger partial charge in [-0.2, -0.15) is 0 Å². The van der Waals surface area contributed by atoms with E-state index >= 15 is 0 Å². The minimum absolute atomic E-state index is 0.112. The number of fused-ring (bicyclic) bond motifs is 1. The Morgan fingerprint density at radius 1 is 1.65 bits per heavy atom. The molecule has 1 heterocycles. The summed E-state index contributed by atoms with van der Waals surface area (Å²) in [7, 11) is 1.72. The zero-order valence-corrected chi connectivity index (χ0v) is 9.15. The average molecular weight is 233 g/mol. The lowest BCUT2D eigenvalue weighted by Crippen LogP contribution is -2.21. The van der Waals surface area contributed by atoms with Crippen LogP contribution in [0.2, 0.25) is 0 Å². The smallest absolute Gasteiger partial charge is 0.358 e. The van der Waals surface area contributed by atoms with Crippen molar-refractivity contribution in [2.45, 2.75) is 6.61 Å². The SMILES string of the molecule is CNc1c(C=N)ccc2c1CON=C2C(=O)O. The van der Waals surface area contributed by atoms with Gasteiger partial charge in [-0.15, -0.1) is 0 Å². The number of benzene rings is 1. The zero-order valence-electron chi connectivity index (χ0n) is 9.15. The van der Waals surface area contributed by atoms with Gasteiger partial charge in [-0.25, -0.2) is 4.79 Å². The van der Waals surface area contributed by atoms with Crippen molar-refractivity contribution in [3.05, 3.63) is 28.8 Å². The number of anilines is 1. The minimum Gasteiger partial charge on any atom is -0.476 e. The van der Waals surface area contributed by atoms with Crippen LogP contribution >= 0.6 is 0 Å². The fourth-order valence-corrected chi connectivity index (χ4v) is 1.82. The molecule has 0 unspecified atom stereocenters. The fraction of sp³-hybridized carbons (Fsp3) is 0.182. The first kappa shape index (κ1) is 11.1. The van der Waals surface area contributed by atoms with Crippen molar-refractivity contribution in [3.8, 4) is 0 Å². The zero-order chi connectivity index (χ0) is 12.4. The van der Waals surface area contributed by atoms with Gasteiger partial charge in [0.15, 0.2) is 5.71 Å². The summed E-state index contributed by atoms with van der Waals surface area (Å²) in [5, 5.41) is 22.8. The van der Waals surface area contributed by atoms with Gasteiger partial charge in [0.05, 0.1) is 5.69 Å². The molecule has 0 spiro atoms. The largest absolute Gasteiger partial charge is 0.476 e. The summed E-state index contributed by atoms with van der Waals surface area (Å²) in [6.07, 6.45) is 1.21. The molecule has 3 N–H and O–H groups in total. The first-order chi connectivity index (χ1) is 8.19. The maximum absolute atomic E-state index is 11.0. The second-order valence-corrected chi connectivity index (χ2v) is 3.47. The molecule has 0 bridgehead atoms. The third kappa shape index (κ3) is 1.73. The van der Waals surface area contributed by atoms with E-state index in [-0.39, 0.29) is 12.3 Å². The topological polar surface area (TPSA) is 94.8 Å². The number of rotatable bonds is 3. The van der Waals surface area contributed by atoms with Gasteiger partial charge in [-0.3, -0.25) is 0 Å². The molecule has 0 fully saturated rings. The number of aliphatic carboxylic acids is 1. The maximum atomic E-state index is 11.0. The van der Waals surface area contributed by atoms with Crippen molar-refractivity contribution in [2.75, 3.05) is 12.4 Å². The first-order valence-electron chi connectivity index (χ1n) is 4.96. The Labute approximate surface area is 97.4 Å². The van der Waals surface area contributed by atoms with Gasteiger partial charge in [0.2, 0.25) is 0 Å². The molecule has 0 aromatic heterocycles. The molecule has 6 nitrogen and oxygen atoms in total. The summed E-state index contributed by atoms with van der Waals surface area (Å²) in [6.45, 7) is 0.198. The van der Waals surface area contributed by atoms with Crippen LogP contribution in [-0.2, 0) is 16.2 Å². The van der Waals surface area contributed by atoms with Crippen LogP contribution in [0, 0.1) is 5.41 Å². The standard InChI is InChI=1S/C11H11N3O3/c1-13-9-6(4-12)2-3-7-8(9)5-17-14-10(7)11(15)16/h2-4,12-13H,5H2,1H3,(H,15,16). The highest BCUT2D eigenvalue weighted by molar-refractivity contribution is 6.43. The summed E-state index contributed by atoms with van der Waals surface area (Å²) < 4.78 is 0. The molecule has 0 saturated heterocycles.